The molecule has 0 bridgehead atoms. The molecule has 26 heavy (non-hydrogen) atoms. The van der Waals surface area contributed by atoms with Gasteiger partial charge in [-0.3, -0.25) is 9.59 Å². The summed E-state index contributed by atoms with van der Waals surface area (Å²) in [4.78, 5) is 26.7. The molecule has 1 aliphatic rings. The molecule has 0 unspecified atom stereocenters. The molecular weight excluding hydrogens is 324 g/mol. The van der Waals surface area contributed by atoms with Gasteiger partial charge in [0.1, 0.15) is 0 Å². The second-order valence-electron chi connectivity index (χ2n) is 7.10. The second-order valence-corrected chi connectivity index (χ2v) is 7.10. The zero-order chi connectivity index (χ0) is 18.5. The number of nitrogens with zero attached hydrogens (tertiary/aromatic N) is 1. The van der Waals surface area contributed by atoms with Crippen LogP contribution in [0.4, 0.5) is 5.69 Å². The van der Waals surface area contributed by atoms with Crippen LogP contribution in [-0.2, 0) is 29.0 Å². The predicted molar refractivity (Wildman–Crippen MR) is 104 cm³/mol. The second kappa shape index (κ2) is 8.17. The highest BCUT2D eigenvalue weighted by molar-refractivity contribution is 5.96. The van der Waals surface area contributed by atoms with Crippen molar-refractivity contribution in [3.05, 3.63) is 65.2 Å². The number of carbonyl (C=O) groups is 2. The molecular formula is C22H26N2O2. The number of anilines is 1. The third kappa shape index (κ3) is 4.31. The highest BCUT2D eigenvalue weighted by Gasteiger charge is 2.22. The molecule has 1 N–H and O–H groups in total. The lowest BCUT2D eigenvalue weighted by molar-refractivity contribution is -0.125. The first-order valence-corrected chi connectivity index (χ1v) is 9.29. The Morgan fingerprint density at radius 1 is 0.923 bits per heavy atom. The van der Waals surface area contributed by atoms with Crippen molar-refractivity contribution in [2.75, 3.05) is 4.90 Å². The van der Waals surface area contributed by atoms with Crippen LogP contribution < -0.4 is 10.2 Å². The third-order valence-electron chi connectivity index (χ3n) is 4.71. The number of para-hydroxylation sites is 1. The maximum Gasteiger partial charge on any atom is 0.227 e. The van der Waals surface area contributed by atoms with Gasteiger partial charge >= 0.3 is 0 Å². The summed E-state index contributed by atoms with van der Waals surface area (Å²) in [6.45, 7) is 4.40. The van der Waals surface area contributed by atoms with E-state index in [0.717, 1.165) is 18.5 Å². The molecule has 0 atom stereocenters. The average Bonchev–Trinajstić information content (AvgIpc) is 2.61. The normalized spacial score (nSPS) is 13.4. The van der Waals surface area contributed by atoms with Gasteiger partial charge in [0.05, 0.1) is 6.54 Å². The van der Waals surface area contributed by atoms with Crippen molar-refractivity contribution in [1.82, 2.24) is 5.32 Å². The smallest absolute Gasteiger partial charge is 0.227 e. The zero-order valence-electron chi connectivity index (χ0n) is 15.5. The fourth-order valence-corrected chi connectivity index (χ4v) is 3.44. The Bertz CT molecular complexity index is 798. The summed E-state index contributed by atoms with van der Waals surface area (Å²) >= 11 is 0. The van der Waals surface area contributed by atoms with Crippen molar-refractivity contribution in [2.45, 2.75) is 52.1 Å². The minimum absolute atomic E-state index is 0.00643. The molecule has 4 nitrogen and oxygen atoms in total. The molecule has 1 aliphatic heterocycles. The number of hydrogen-bond acceptors (Lipinski definition) is 2. The van der Waals surface area contributed by atoms with E-state index in [-0.39, 0.29) is 30.7 Å². The maximum atomic E-state index is 13.0. The van der Waals surface area contributed by atoms with E-state index in [1.165, 1.54) is 16.7 Å². The summed E-state index contributed by atoms with van der Waals surface area (Å²) in [6.07, 6.45) is 2.32. The quantitative estimate of drug-likeness (QED) is 0.915. The van der Waals surface area contributed by atoms with Crippen molar-refractivity contribution >= 4 is 17.5 Å². The third-order valence-corrected chi connectivity index (χ3v) is 4.71. The molecule has 2 aromatic carbocycles. The van der Waals surface area contributed by atoms with E-state index in [0.29, 0.717) is 6.54 Å². The van der Waals surface area contributed by atoms with Gasteiger partial charge in [0.25, 0.3) is 0 Å². The molecule has 0 fully saturated rings. The highest BCUT2D eigenvalue weighted by Crippen LogP contribution is 2.29. The topological polar surface area (TPSA) is 49.4 Å². The molecule has 0 saturated carbocycles. The van der Waals surface area contributed by atoms with Gasteiger partial charge in [-0.15, -0.1) is 0 Å². The lowest BCUT2D eigenvalue weighted by Gasteiger charge is -2.29. The number of aryl methyl sites for hydroxylation is 2. The molecule has 3 rings (SSSR count). The number of hydrogen-bond donors (Lipinski definition) is 1. The van der Waals surface area contributed by atoms with Gasteiger partial charge in [-0.25, -0.2) is 0 Å². The molecule has 136 valence electrons. The summed E-state index contributed by atoms with van der Waals surface area (Å²) in [6, 6.07) is 16.5. The van der Waals surface area contributed by atoms with E-state index < -0.39 is 0 Å². The van der Waals surface area contributed by atoms with Gasteiger partial charge in [-0.2, -0.15) is 0 Å². The number of rotatable bonds is 4. The van der Waals surface area contributed by atoms with Crippen LogP contribution in [0.3, 0.4) is 0 Å². The van der Waals surface area contributed by atoms with Gasteiger partial charge < -0.3 is 10.2 Å². The summed E-state index contributed by atoms with van der Waals surface area (Å²) < 4.78 is 0. The molecule has 0 radical (unpaired) electrons. The minimum Gasteiger partial charge on any atom is -0.354 e. The Morgan fingerprint density at radius 2 is 1.54 bits per heavy atom. The number of carbonyl (C=O) groups excluding carboxylic acids is 2. The standard InChI is InChI=1S/C22H26N2O2/c1-16(2)23-21(25)13-14-22(26)24-15-19-9-4-3-7-17(19)11-12-18-8-5-6-10-20(18)24/h3-10,16H,11-15H2,1-2H3,(H,23,25). The first-order valence-electron chi connectivity index (χ1n) is 9.29. The monoisotopic (exact) mass is 350 g/mol. The number of fused-ring (bicyclic) bond motifs is 2. The van der Waals surface area contributed by atoms with Crippen molar-refractivity contribution in [3.63, 3.8) is 0 Å². The maximum absolute atomic E-state index is 13.0. The van der Waals surface area contributed by atoms with Gasteiger partial charge in [0.2, 0.25) is 11.8 Å². The van der Waals surface area contributed by atoms with Crippen molar-refractivity contribution < 1.29 is 9.59 Å². The number of benzene rings is 2. The van der Waals surface area contributed by atoms with Crippen LogP contribution in [0.1, 0.15) is 43.4 Å². The summed E-state index contributed by atoms with van der Waals surface area (Å²) in [5, 5.41) is 2.85. The van der Waals surface area contributed by atoms with Crippen LogP contribution in [-0.4, -0.2) is 17.9 Å². The molecule has 0 saturated heterocycles. The van der Waals surface area contributed by atoms with Crippen LogP contribution in [0, 0.1) is 0 Å². The van der Waals surface area contributed by atoms with E-state index in [9.17, 15) is 9.59 Å². The van der Waals surface area contributed by atoms with Crippen molar-refractivity contribution in [2.24, 2.45) is 0 Å². The van der Waals surface area contributed by atoms with Crippen LogP contribution in [0.15, 0.2) is 48.5 Å². The van der Waals surface area contributed by atoms with Crippen LogP contribution in [0.2, 0.25) is 0 Å². The molecule has 2 amide bonds. The fraction of sp³-hybridized carbons (Fsp3) is 0.364. The van der Waals surface area contributed by atoms with Gasteiger partial charge in [0, 0.05) is 24.6 Å². The van der Waals surface area contributed by atoms with Crippen LogP contribution in [0.25, 0.3) is 0 Å². The van der Waals surface area contributed by atoms with Gasteiger partial charge in [0.15, 0.2) is 0 Å². The Hall–Kier alpha value is -2.62. The lowest BCUT2D eigenvalue weighted by Crippen LogP contribution is -2.35. The Balaban J connectivity index is 1.83. The molecule has 0 spiro atoms. The molecule has 4 heteroatoms. The van der Waals surface area contributed by atoms with E-state index in [1.54, 1.807) is 0 Å². The SMILES string of the molecule is CC(C)NC(=O)CCC(=O)N1Cc2ccccc2CCc2ccccc21. The van der Waals surface area contributed by atoms with Crippen molar-refractivity contribution in [1.29, 1.82) is 0 Å². The Kier molecular flexibility index (Phi) is 5.71. The zero-order valence-corrected chi connectivity index (χ0v) is 15.5. The van der Waals surface area contributed by atoms with Crippen LogP contribution in [0.5, 0.6) is 0 Å². The number of amides is 2. The lowest BCUT2D eigenvalue weighted by atomic mass is 9.95. The Morgan fingerprint density at radius 3 is 2.27 bits per heavy atom. The fourth-order valence-electron chi connectivity index (χ4n) is 3.44. The number of nitrogens with one attached hydrogen (secondary N) is 1. The Labute approximate surface area is 155 Å². The molecule has 2 aromatic rings. The first kappa shape index (κ1) is 18.2. The predicted octanol–water partition coefficient (Wildman–Crippen LogP) is 3.62. The molecule has 0 aliphatic carbocycles. The largest absolute Gasteiger partial charge is 0.354 e. The highest BCUT2D eigenvalue weighted by atomic mass is 16.2. The van der Waals surface area contributed by atoms with Crippen LogP contribution >= 0.6 is 0 Å². The summed E-state index contributed by atoms with van der Waals surface area (Å²) in [5.41, 5.74) is 4.62. The van der Waals surface area contributed by atoms with E-state index in [1.807, 2.05) is 43.0 Å². The van der Waals surface area contributed by atoms with E-state index in [2.05, 4.69) is 29.6 Å². The summed E-state index contributed by atoms with van der Waals surface area (Å²) in [7, 11) is 0. The van der Waals surface area contributed by atoms with E-state index >= 15 is 0 Å². The molecule has 0 aromatic heterocycles. The van der Waals surface area contributed by atoms with Gasteiger partial charge in [-0.05, 0) is 49.4 Å². The summed E-state index contributed by atoms with van der Waals surface area (Å²) in [5.74, 6) is -0.0814. The van der Waals surface area contributed by atoms with Crippen molar-refractivity contribution in [3.8, 4) is 0 Å². The molecule has 1 heterocycles. The minimum atomic E-state index is -0.0749. The average molecular weight is 350 g/mol. The van der Waals surface area contributed by atoms with E-state index in [4.69, 9.17) is 0 Å². The first-order chi connectivity index (χ1) is 12.5. The van der Waals surface area contributed by atoms with Gasteiger partial charge in [-0.1, -0.05) is 42.5 Å².